The number of pyridine rings is 1. The zero-order valence-electron chi connectivity index (χ0n) is 9.63. The van der Waals surface area contributed by atoms with Gasteiger partial charge in [0.25, 0.3) is 0 Å². The number of aromatic nitrogens is 1. The Balaban J connectivity index is 2.09. The smallest absolute Gasteiger partial charge is 0.310 e. The predicted molar refractivity (Wildman–Crippen MR) is 63.0 cm³/mol. The lowest BCUT2D eigenvalue weighted by atomic mass is 10.1. The zero-order chi connectivity index (χ0) is 12.3. The molecule has 2 heterocycles. The first-order valence-electron chi connectivity index (χ1n) is 5.65. The maximum Gasteiger partial charge on any atom is 0.310 e. The number of nitro groups is 1. The van der Waals surface area contributed by atoms with Crippen LogP contribution in [0.3, 0.4) is 0 Å². The van der Waals surface area contributed by atoms with E-state index in [0.29, 0.717) is 5.69 Å². The van der Waals surface area contributed by atoms with Crippen LogP contribution in [-0.2, 0) is 4.74 Å². The van der Waals surface area contributed by atoms with Crippen molar-refractivity contribution in [1.82, 2.24) is 4.98 Å². The lowest BCUT2D eigenvalue weighted by molar-refractivity contribution is -0.384. The molecular formula is C11H15N3O3. The molecule has 6 heteroatoms. The van der Waals surface area contributed by atoms with Crippen molar-refractivity contribution in [3.8, 4) is 0 Å². The van der Waals surface area contributed by atoms with E-state index in [0.717, 1.165) is 19.4 Å². The molecule has 1 aliphatic rings. The van der Waals surface area contributed by atoms with E-state index in [1.165, 1.54) is 12.4 Å². The third-order valence-electron chi connectivity index (χ3n) is 2.90. The summed E-state index contributed by atoms with van der Waals surface area (Å²) in [5.41, 5.74) is 0.491. The molecule has 1 aromatic rings. The quantitative estimate of drug-likeness (QED) is 0.639. The zero-order valence-corrected chi connectivity index (χ0v) is 9.63. The number of hydrogen-bond acceptors (Lipinski definition) is 5. The van der Waals surface area contributed by atoms with Gasteiger partial charge in [0.2, 0.25) is 0 Å². The average molecular weight is 237 g/mol. The van der Waals surface area contributed by atoms with Crippen LogP contribution >= 0.6 is 0 Å². The number of rotatable bonds is 4. The van der Waals surface area contributed by atoms with Crippen LogP contribution in [0.2, 0.25) is 0 Å². The van der Waals surface area contributed by atoms with Crippen LogP contribution in [0.25, 0.3) is 0 Å². The van der Waals surface area contributed by atoms with Gasteiger partial charge in [-0.25, -0.2) is 0 Å². The van der Waals surface area contributed by atoms with E-state index in [-0.39, 0.29) is 17.8 Å². The summed E-state index contributed by atoms with van der Waals surface area (Å²) in [4.78, 5) is 14.1. The Kier molecular flexibility index (Phi) is 3.53. The molecule has 1 aromatic heterocycles. The van der Waals surface area contributed by atoms with Crippen molar-refractivity contribution in [2.24, 2.45) is 0 Å². The summed E-state index contributed by atoms with van der Waals surface area (Å²) in [6.07, 6.45) is 4.97. The number of nitrogens with one attached hydrogen (secondary N) is 1. The van der Waals surface area contributed by atoms with Crippen molar-refractivity contribution >= 4 is 11.4 Å². The van der Waals surface area contributed by atoms with Gasteiger partial charge in [-0.05, 0) is 25.8 Å². The first-order valence-corrected chi connectivity index (χ1v) is 5.65. The number of ether oxygens (including phenoxy) is 1. The molecule has 1 aliphatic heterocycles. The molecule has 0 saturated carbocycles. The minimum Gasteiger partial charge on any atom is -0.376 e. The second-order valence-electron chi connectivity index (χ2n) is 4.13. The molecule has 0 amide bonds. The maximum absolute atomic E-state index is 10.8. The Morgan fingerprint density at radius 2 is 2.53 bits per heavy atom. The van der Waals surface area contributed by atoms with Gasteiger partial charge in [-0.2, -0.15) is 0 Å². The van der Waals surface area contributed by atoms with Gasteiger partial charge in [0, 0.05) is 18.8 Å². The second kappa shape index (κ2) is 5.09. The summed E-state index contributed by atoms with van der Waals surface area (Å²) in [6, 6.07) is 1.67. The van der Waals surface area contributed by atoms with E-state index >= 15 is 0 Å². The molecule has 1 saturated heterocycles. The Bertz CT molecular complexity index is 405. The lowest BCUT2D eigenvalue weighted by Gasteiger charge is -2.20. The minimum atomic E-state index is -0.433. The first-order chi connectivity index (χ1) is 8.18. The molecule has 0 aromatic carbocycles. The molecule has 0 aliphatic carbocycles. The molecule has 2 rings (SSSR count). The molecule has 17 heavy (non-hydrogen) atoms. The van der Waals surface area contributed by atoms with Crippen LogP contribution in [0.15, 0.2) is 18.5 Å². The SMILES string of the molecule is CC(Nc1ccncc1[N+](=O)[O-])C1CCCO1. The normalized spacial score (nSPS) is 21.1. The van der Waals surface area contributed by atoms with Gasteiger partial charge in [-0.1, -0.05) is 0 Å². The van der Waals surface area contributed by atoms with Crippen LogP contribution in [0, 0.1) is 10.1 Å². The van der Waals surface area contributed by atoms with Gasteiger partial charge in [-0.15, -0.1) is 0 Å². The average Bonchev–Trinajstić information content (AvgIpc) is 2.83. The van der Waals surface area contributed by atoms with E-state index in [1.807, 2.05) is 6.92 Å². The summed E-state index contributed by atoms with van der Waals surface area (Å²) in [7, 11) is 0. The van der Waals surface area contributed by atoms with E-state index in [2.05, 4.69) is 10.3 Å². The van der Waals surface area contributed by atoms with E-state index in [9.17, 15) is 10.1 Å². The highest BCUT2D eigenvalue weighted by atomic mass is 16.6. The van der Waals surface area contributed by atoms with Crippen molar-refractivity contribution in [2.45, 2.75) is 31.9 Å². The highest BCUT2D eigenvalue weighted by molar-refractivity contribution is 5.60. The van der Waals surface area contributed by atoms with Gasteiger partial charge in [0.05, 0.1) is 11.0 Å². The van der Waals surface area contributed by atoms with Crippen molar-refractivity contribution in [1.29, 1.82) is 0 Å². The largest absolute Gasteiger partial charge is 0.376 e. The summed E-state index contributed by atoms with van der Waals surface area (Å²) < 4.78 is 5.54. The second-order valence-corrected chi connectivity index (χ2v) is 4.13. The third-order valence-corrected chi connectivity index (χ3v) is 2.90. The number of anilines is 1. The molecule has 2 unspecified atom stereocenters. The van der Waals surface area contributed by atoms with Gasteiger partial charge < -0.3 is 10.1 Å². The topological polar surface area (TPSA) is 77.3 Å². The van der Waals surface area contributed by atoms with Gasteiger partial charge in [0.15, 0.2) is 0 Å². The van der Waals surface area contributed by atoms with Crippen LogP contribution < -0.4 is 5.32 Å². The van der Waals surface area contributed by atoms with Crippen molar-refractivity contribution in [3.05, 3.63) is 28.6 Å². The molecule has 2 atom stereocenters. The standard InChI is InChI=1S/C11H15N3O3/c1-8(11-3-2-6-17-11)13-9-4-5-12-7-10(9)14(15)16/h4-5,7-8,11H,2-3,6H2,1H3,(H,12,13). The molecule has 0 spiro atoms. The Hall–Kier alpha value is -1.69. The van der Waals surface area contributed by atoms with Crippen LogP contribution in [0.4, 0.5) is 11.4 Å². The van der Waals surface area contributed by atoms with E-state index in [1.54, 1.807) is 6.07 Å². The summed E-state index contributed by atoms with van der Waals surface area (Å²) in [6.45, 7) is 2.75. The maximum atomic E-state index is 10.8. The Morgan fingerprint density at radius 3 is 3.18 bits per heavy atom. The van der Waals surface area contributed by atoms with Gasteiger partial charge >= 0.3 is 5.69 Å². The van der Waals surface area contributed by atoms with Crippen LogP contribution in [0.5, 0.6) is 0 Å². The van der Waals surface area contributed by atoms with Gasteiger partial charge in [0.1, 0.15) is 11.9 Å². The Morgan fingerprint density at radius 1 is 1.71 bits per heavy atom. The van der Waals surface area contributed by atoms with Crippen molar-refractivity contribution in [2.75, 3.05) is 11.9 Å². The highest BCUT2D eigenvalue weighted by Crippen LogP contribution is 2.25. The van der Waals surface area contributed by atoms with E-state index in [4.69, 9.17) is 4.74 Å². The van der Waals surface area contributed by atoms with Crippen LogP contribution in [-0.4, -0.2) is 28.7 Å². The van der Waals surface area contributed by atoms with Crippen LogP contribution in [0.1, 0.15) is 19.8 Å². The fourth-order valence-corrected chi connectivity index (χ4v) is 1.99. The molecule has 0 radical (unpaired) electrons. The first kappa shape index (κ1) is 11.8. The fraction of sp³-hybridized carbons (Fsp3) is 0.545. The fourth-order valence-electron chi connectivity index (χ4n) is 1.99. The highest BCUT2D eigenvalue weighted by Gasteiger charge is 2.24. The van der Waals surface area contributed by atoms with Gasteiger partial charge in [-0.3, -0.25) is 15.1 Å². The number of hydrogen-bond donors (Lipinski definition) is 1. The predicted octanol–water partition coefficient (Wildman–Crippen LogP) is 1.97. The van der Waals surface area contributed by atoms with E-state index < -0.39 is 4.92 Å². The monoisotopic (exact) mass is 237 g/mol. The molecular weight excluding hydrogens is 222 g/mol. The van der Waals surface area contributed by atoms with Crippen molar-refractivity contribution in [3.63, 3.8) is 0 Å². The van der Waals surface area contributed by atoms with Crippen molar-refractivity contribution < 1.29 is 9.66 Å². The molecule has 1 fully saturated rings. The third kappa shape index (κ3) is 2.71. The minimum absolute atomic E-state index is 0.00246. The summed E-state index contributed by atoms with van der Waals surface area (Å²) in [5, 5.41) is 13.9. The summed E-state index contributed by atoms with van der Waals surface area (Å²) in [5.74, 6) is 0. The molecule has 92 valence electrons. The lowest BCUT2D eigenvalue weighted by Crippen LogP contribution is -2.30. The summed E-state index contributed by atoms with van der Waals surface area (Å²) >= 11 is 0. The molecule has 1 N–H and O–H groups in total. The Labute approximate surface area is 99.2 Å². The number of nitrogens with zero attached hydrogens (tertiary/aromatic N) is 2. The molecule has 6 nitrogen and oxygen atoms in total. The molecule has 0 bridgehead atoms.